The van der Waals surface area contributed by atoms with Crippen molar-refractivity contribution in [2.24, 2.45) is 0 Å². The molecular weight excluding hydrogens is 378 g/mol. The maximum atomic E-state index is 12.8. The molecule has 0 saturated carbocycles. The van der Waals surface area contributed by atoms with Gasteiger partial charge in [0.1, 0.15) is 5.75 Å². The second-order valence-corrected chi connectivity index (χ2v) is 7.97. The van der Waals surface area contributed by atoms with Crippen molar-refractivity contribution in [2.75, 3.05) is 7.05 Å². The smallest absolute Gasteiger partial charge is 0.263 e. The van der Waals surface area contributed by atoms with E-state index in [2.05, 4.69) is 22.3 Å². The summed E-state index contributed by atoms with van der Waals surface area (Å²) >= 11 is 0. The first kappa shape index (κ1) is 20.1. The molecule has 0 unspecified atom stereocenters. The van der Waals surface area contributed by atoms with Gasteiger partial charge < -0.3 is 14.2 Å². The second-order valence-electron chi connectivity index (χ2n) is 7.97. The van der Waals surface area contributed by atoms with E-state index in [0.717, 1.165) is 29.7 Å². The van der Waals surface area contributed by atoms with Crippen LogP contribution in [-0.4, -0.2) is 34.1 Å². The van der Waals surface area contributed by atoms with Crippen LogP contribution in [0.25, 0.3) is 11.4 Å². The van der Waals surface area contributed by atoms with Gasteiger partial charge in [-0.15, -0.1) is 0 Å². The summed E-state index contributed by atoms with van der Waals surface area (Å²) in [6.45, 7) is 4.01. The van der Waals surface area contributed by atoms with Gasteiger partial charge in [-0.2, -0.15) is 4.98 Å². The molecule has 0 bridgehead atoms. The minimum Gasteiger partial charge on any atom is -0.481 e. The average molecular weight is 405 g/mol. The van der Waals surface area contributed by atoms with Gasteiger partial charge in [0, 0.05) is 12.6 Å². The van der Waals surface area contributed by atoms with Crippen LogP contribution < -0.4 is 4.74 Å². The number of carbonyl (C=O) groups excluding carboxylic acids is 1. The Kier molecular flexibility index (Phi) is 5.84. The fraction of sp³-hybridized carbons (Fsp3) is 0.375. The molecule has 3 aromatic rings. The molecule has 0 fully saturated rings. The molecule has 1 heterocycles. The van der Waals surface area contributed by atoms with E-state index in [0.29, 0.717) is 11.7 Å². The highest BCUT2D eigenvalue weighted by Crippen LogP contribution is 2.26. The van der Waals surface area contributed by atoms with Crippen LogP contribution in [0.2, 0.25) is 0 Å². The van der Waals surface area contributed by atoms with Crippen molar-refractivity contribution in [2.45, 2.75) is 52.2 Å². The first-order valence-corrected chi connectivity index (χ1v) is 10.4. The van der Waals surface area contributed by atoms with Crippen molar-refractivity contribution in [3.63, 3.8) is 0 Å². The lowest BCUT2D eigenvalue weighted by Gasteiger charge is -2.22. The van der Waals surface area contributed by atoms with Crippen molar-refractivity contribution in [1.29, 1.82) is 0 Å². The molecule has 1 aliphatic rings. The van der Waals surface area contributed by atoms with Crippen molar-refractivity contribution >= 4 is 5.91 Å². The molecule has 0 radical (unpaired) electrons. The number of amides is 1. The van der Waals surface area contributed by atoms with Crippen LogP contribution in [0.4, 0.5) is 0 Å². The third-order valence-corrected chi connectivity index (χ3v) is 5.47. The molecule has 1 amide bonds. The van der Waals surface area contributed by atoms with Gasteiger partial charge >= 0.3 is 0 Å². The van der Waals surface area contributed by atoms with Gasteiger partial charge in [-0.1, -0.05) is 35.0 Å². The zero-order valence-electron chi connectivity index (χ0n) is 17.7. The lowest BCUT2D eigenvalue weighted by molar-refractivity contribution is -0.137. The van der Waals surface area contributed by atoms with Crippen molar-refractivity contribution in [3.8, 4) is 17.1 Å². The predicted octanol–water partition coefficient (Wildman–Crippen LogP) is 4.35. The van der Waals surface area contributed by atoms with E-state index in [-0.39, 0.29) is 12.5 Å². The maximum absolute atomic E-state index is 12.8. The maximum Gasteiger partial charge on any atom is 0.263 e. The number of aromatic nitrogens is 2. The summed E-state index contributed by atoms with van der Waals surface area (Å²) in [5.41, 5.74) is 4.74. The summed E-state index contributed by atoms with van der Waals surface area (Å²) < 4.78 is 11.3. The topological polar surface area (TPSA) is 68.5 Å². The third-order valence-electron chi connectivity index (χ3n) is 5.47. The third kappa shape index (κ3) is 4.53. The molecule has 0 N–H and O–H groups in total. The minimum atomic E-state index is -0.601. The number of carbonyl (C=O) groups is 1. The molecule has 6 nitrogen and oxygen atoms in total. The van der Waals surface area contributed by atoms with Gasteiger partial charge in [-0.05, 0) is 68.9 Å². The Labute approximate surface area is 176 Å². The SMILES string of the molecule is Cc1cccc(-c2noc(CN(C)C(=O)[C@H](C)Oc3ccc4c(c3)CCCC4)n2)c1. The zero-order chi connectivity index (χ0) is 21.1. The summed E-state index contributed by atoms with van der Waals surface area (Å²) in [5, 5.41) is 4.04. The lowest BCUT2D eigenvalue weighted by Crippen LogP contribution is -2.37. The lowest BCUT2D eigenvalue weighted by atomic mass is 9.92. The molecule has 30 heavy (non-hydrogen) atoms. The Morgan fingerprint density at radius 1 is 1.17 bits per heavy atom. The fourth-order valence-electron chi connectivity index (χ4n) is 3.85. The summed E-state index contributed by atoms with van der Waals surface area (Å²) in [6, 6.07) is 14.1. The van der Waals surface area contributed by atoms with E-state index in [1.54, 1.807) is 18.9 Å². The highest BCUT2D eigenvalue weighted by molar-refractivity contribution is 5.80. The van der Waals surface area contributed by atoms with Gasteiger partial charge in [0.15, 0.2) is 6.10 Å². The monoisotopic (exact) mass is 405 g/mol. The summed E-state index contributed by atoms with van der Waals surface area (Å²) in [4.78, 5) is 18.7. The highest BCUT2D eigenvalue weighted by atomic mass is 16.5. The van der Waals surface area contributed by atoms with E-state index in [9.17, 15) is 4.79 Å². The van der Waals surface area contributed by atoms with Crippen LogP contribution in [0.1, 0.15) is 42.3 Å². The number of benzene rings is 2. The average Bonchev–Trinajstić information content (AvgIpc) is 3.21. The van der Waals surface area contributed by atoms with Crippen molar-refractivity contribution in [3.05, 3.63) is 65.0 Å². The normalized spacial score (nSPS) is 14.1. The first-order chi connectivity index (χ1) is 14.5. The molecule has 0 spiro atoms. The van der Waals surface area contributed by atoms with Crippen molar-refractivity contribution < 1.29 is 14.1 Å². The molecule has 2 aromatic carbocycles. The molecule has 0 aliphatic heterocycles. The van der Waals surface area contributed by atoms with Crippen LogP contribution in [-0.2, 0) is 24.2 Å². The van der Waals surface area contributed by atoms with Crippen LogP contribution >= 0.6 is 0 Å². The number of aryl methyl sites for hydroxylation is 3. The number of likely N-dealkylation sites (N-methyl/N-ethyl adjacent to an activating group) is 1. The predicted molar refractivity (Wildman–Crippen MR) is 114 cm³/mol. The Balaban J connectivity index is 1.37. The molecule has 4 rings (SSSR count). The molecule has 1 aliphatic carbocycles. The number of fused-ring (bicyclic) bond motifs is 1. The van der Waals surface area contributed by atoms with Gasteiger partial charge in [0.25, 0.3) is 5.91 Å². The zero-order valence-corrected chi connectivity index (χ0v) is 17.7. The van der Waals surface area contributed by atoms with Crippen LogP contribution in [0.5, 0.6) is 5.75 Å². The molecular formula is C24H27N3O3. The molecule has 1 aromatic heterocycles. The standard InChI is InChI=1S/C24H27N3O3/c1-16-7-6-10-20(13-16)23-25-22(30-26-23)15-27(3)24(28)17(2)29-21-12-11-18-8-4-5-9-19(18)14-21/h6-7,10-14,17H,4-5,8-9,15H2,1-3H3/t17-/m0/s1. The van der Waals surface area contributed by atoms with E-state index in [1.165, 1.54) is 24.0 Å². The number of ether oxygens (including phenoxy) is 1. The summed E-state index contributed by atoms with van der Waals surface area (Å²) in [7, 11) is 1.71. The number of hydrogen-bond donors (Lipinski definition) is 0. The van der Waals surface area contributed by atoms with Crippen LogP contribution in [0.15, 0.2) is 47.0 Å². The fourth-order valence-corrected chi connectivity index (χ4v) is 3.85. The van der Waals surface area contributed by atoms with E-state index >= 15 is 0 Å². The first-order valence-electron chi connectivity index (χ1n) is 10.4. The van der Waals surface area contributed by atoms with Crippen LogP contribution in [0, 0.1) is 6.92 Å². The van der Waals surface area contributed by atoms with Gasteiger partial charge in [-0.3, -0.25) is 4.79 Å². The molecule has 1 atom stereocenters. The Morgan fingerprint density at radius 3 is 2.77 bits per heavy atom. The Hall–Kier alpha value is -3.15. The summed E-state index contributed by atoms with van der Waals surface area (Å²) in [5.74, 6) is 1.52. The quantitative estimate of drug-likeness (QED) is 0.610. The van der Waals surface area contributed by atoms with Crippen molar-refractivity contribution in [1.82, 2.24) is 15.0 Å². The van der Waals surface area contributed by atoms with Crippen LogP contribution in [0.3, 0.4) is 0 Å². The molecule has 0 saturated heterocycles. The summed E-state index contributed by atoms with van der Waals surface area (Å²) in [6.07, 6.45) is 4.06. The van der Waals surface area contributed by atoms with Gasteiger partial charge in [0.05, 0.1) is 6.54 Å². The van der Waals surface area contributed by atoms with E-state index in [4.69, 9.17) is 9.26 Å². The minimum absolute atomic E-state index is 0.136. The largest absolute Gasteiger partial charge is 0.481 e. The molecule has 6 heteroatoms. The Bertz CT molecular complexity index is 1040. The number of hydrogen-bond acceptors (Lipinski definition) is 5. The second kappa shape index (κ2) is 8.69. The molecule has 156 valence electrons. The van der Waals surface area contributed by atoms with E-state index < -0.39 is 6.10 Å². The van der Waals surface area contributed by atoms with E-state index in [1.807, 2.05) is 37.3 Å². The highest BCUT2D eigenvalue weighted by Gasteiger charge is 2.22. The number of rotatable bonds is 6. The van der Waals surface area contributed by atoms with Gasteiger partial charge in [0.2, 0.25) is 11.7 Å². The number of nitrogens with zero attached hydrogens (tertiary/aromatic N) is 3. The van der Waals surface area contributed by atoms with Gasteiger partial charge in [-0.25, -0.2) is 0 Å². The Morgan fingerprint density at radius 2 is 1.97 bits per heavy atom.